The van der Waals surface area contributed by atoms with E-state index in [0.717, 1.165) is 33.7 Å². The van der Waals surface area contributed by atoms with Crippen LogP contribution in [-0.4, -0.2) is 50.0 Å². The lowest BCUT2D eigenvalue weighted by molar-refractivity contribution is -0.141. The molecule has 10 heteroatoms. The number of hydrogen-bond donors (Lipinski definition) is 1. The molecule has 0 aromatic heterocycles. The average molecular weight is 633 g/mol. The van der Waals surface area contributed by atoms with Gasteiger partial charge in [-0.25, -0.2) is 8.42 Å². The molecular formula is C32H39Cl2N3O4S. The zero-order valence-corrected chi connectivity index (χ0v) is 26.8. The Morgan fingerprint density at radius 3 is 2.29 bits per heavy atom. The Bertz CT molecular complexity index is 1470. The van der Waals surface area contributed by atoms with Crippen LogP contribution in [0.1, 0.15) is 49.8 Å². The predicted molar refractivity (Wildman–Crippen MR) is 171 cm³/mol. The van der Waals surface area contributed by atoms with E-state index in [2.05, 4.69) is 5.32 Å². The van der Waals surface area contributed by atoms with Gasteiger partial charge in [-0.05, 0) is 61.6 Å². The van der Waals surface area contributed by atoms with Crippen LogP contribution in [0.4, 0.5) is 5.69 Å². The minimum Gasteiger partial charge on any atom is -0.352 e. The molecule has 2 atom stereocenters. The van der Waals surface area contributed by atoms with E-state index in [0.29, 0.717) is 11.4 Å². The van der Waals surface area contributed by atoms with Crippen LogP contribution in [-0.2, 0) is 32.6 Å². The second kappa shape index (κ2) is 15.4. The Morgan fingerprint density at radius 1 is 0.976 bits per heavy atom. The third kappa shape index (κ3) is 9.48. The quantitative estimate of drug-likeness (QED) is 0.223. The molecule has 0 aliphatic rings. The largest absolute Gasteiger partial charge is 0.352 e. The molecule has 0 saturated carbocycles. The summed E-state index contributed by atoms with van der Waals surface area (Å²) in [7, 11) is -3.72. The maximum absolute atomic E-state index is 14.0. The summed E-state index contributed by atoms with van der Waals surface area (Å²) < 4.78 is 26.5. The summed E-state index contributed by atoms with van der Waals surface area (Å²) in [6.45, 7) is 6.17. The standard InChI is InChI=1S/C32H39Cl2N3O4S/c1-5-24(3)35-32(39)30(20-25-13-7-6-8-14-25)36(22-26-15-10-9-12-23(26)2)31(38)16-11-19-37(42(4,40)41)29-21-27(33)17-18-28(29)34/h6-10,12-15,17-18,21,24,30H,5,11,16,19-20,22H2,1-4H3,(H,35,39)/t24-,30+/m0/s1. The number of anilines is 1. The van der Waals surface area contributed by atoms with Crippen molar-refractivity contribution >= 4 is 50.7 Å². The van der Waals surface area contributed by atoms with Gasteiger partial charge in [0.15, 0.2) is 0 Å². The van der Waals surface area contributed by atoms with Crippen LogP contribution in [0.5, 0.6) is 0 Å². The van der Waals surface area contributed by atoms with Crippen molar-refractivity contribution in [2.75, 3.05) is 17.1 Å². The Labute approximate surface area is 259 Å². The number of aryl methyl sites for hydroxylation is 1. The van der Waals surface area contributed by atoms with Gasteiger partial charge in [0.25, 0.3) is 0 Å². The Balaban J connectivity index is 1.92. The summed E-state index contributed by atoms with van der Waals surface area (Å²) in [6.07, 6.45) is 2.42. The fraction of sp³-hybridized carbons (Fsp3) is 0.375. The lowest BCUT2D eigenvalue weighted by atomic mass is 10.0. The molecular weight excluding hydrogens is 593 g/mol. The van der Waals surface area contributed by atoms with Crippen molar-refractivity contribution in [2.24, 2.45) is 0 Å². The van der Waals surface area contributed by atoms with Crippen LogP contribution in [0.25, 0.3) is 0 Å². The molecule has 3 rings (SSSR count). The molecule has 0 unspecified atom stereocenters. The molecule has 0 saturated heterocycles. The second-order valence-electron chi connectivity index (χ2n) is 10.5. The van der Waals surface area contributed by atoms with Crippen molar-refractivity contribution in [1.29, 1.82) is 0 Å². The lowest BCUT2D eigenvalue weighted by Crippen LogP contribution is -2.52. The summed E-state index contributed by atoms with van der Waals surface area (Å²) in [6, 6.07) is 21.2. The van der Waals surface area contributed by atoms with Crippen molar-refractivity contribution in [3.05, 3.63) is 99.5 Å². The topological polar surface area (TPSA) is 86.8 Å². The van der Waals surface area contributed by atoms with E-state index in [1.54, 1.807) is 11.0 Å². The van der Waals surface area contributed by atoms with Gasteiger partial charge >= 0.3 is 0 Å². The maximum Gasteiger partial charge on any atom is 0.243 e. The molecule has 2 amide bonds. The minimum absolute atomic E-state index is 0.0191. The number of amides is 2. The Morgan fingerprint density at radius 2 is 1.64 bits per heavy atom. The highest BCUT2D eigenvalue weighted by Gasteiger charge is 2.31. The maximum atomic E-state index is 14.0. The highest BCUT2D eigenvalue weighted by molar-refractivity contribution is 7.92. The molecule has 0 fully saturated rings. The van der Waals surface area contributed by atoms with Crippen molar-refractivity contribution < 1.29 is 18.0 Å². The molecule has 42 heavy (non-hydrogen) atoms. The van der Waals surface area contributed by atoms with Gasteiger partial charge in [0.05, 0.1) is 17.0 Å². The Hall–Kier alpha value is -3.07. The molecule has 0 spiro atoms. The highest BCUT2D eigenvalue weighted by atomic mass is 35.5. The SMILES string of the molecule is CC[C@H](C)NC(=O)[C@@H](Cc1ccccc1)N(Cc1ccccc1C)C(=O)CCCN(c1cc(Cl)ccc1Cl)S(C)(=O)=O. The molecule has 0 aliphatic heterocycles. The number of sulfonamides is 1. The summed E-state index contributed by atoms with van der Waals surface area (Å²) in [5.74, 6) is -0.470. The first-order valence-electron chi connectivity index (χ1n) is 14.0. The van der Waals surface area contributed by atoms with Gasteiger partial charge in [0.2, 0.25) is 21.8 Å². The fourth-order valence-corrected chi connectivity index (χ4v) is 6.03. The number of halogens is 2. The van der Waals surface area contributed by atoms with Gasteiger partial charge in [-0.2, -0.15) is 0 Å². The van der Waals surface area contributed by atoms with E-state index in [4.69, 9.17) is 23.2 Å². The minimum atomic E-state index is -3.72. The van der Waals surface area contributed by atoms with Gasteiger partial charge in [0, 0.05) is 37.0 Å². The molecule has 7 nitrogen and oxygen atoms in total. The number of nitrogens with one attached hydrogen (secondary N) is 1. The molecule has 0 bridgehead atoms. The monoisotopic (exact) mass is 631 g/mol. The fourth-order valence-electron chi connectivity index (χ4n) is 4.63. The van der Waals surface area contributed by atoms with Crippen molar-refractivity contribution in [1.82, 2.24) is 10.2 Å². The summed E-state index contributed by atoms with van der Waals surface area (Å²) in [5, 5.41) is 3.65. The number of nitrogens with zero attached hydrogens (tertiary/aromatic N) is 2. The van der Waals surface area contributed by atoms with Crippen LogP contribution in [0, 0.1) is 6.92 Å². The molecule has 0 aliphatic carbocycles. The van der Waals surface area contributed by atoms with Crippen molar-refractivity contribution in [3.8, 4) is 0 Å². The first-order chi connectivity index (χ1) is 19.9. The van der Waals surface area contributed by atoms with Gasteiger partial charge in [-0.3, -0.25) is 13.9 Å². The Kier molecular flexibility index (Phi) is 12.3. The number of hydrogen-bond acceptors (Lipinski definition) is 4. The van der Waals surface area contributed by atoms with Crippen molar-refractivity contribution in [3.63, 3.8) is 0 Å². The van der Waals surface area contributed by atoms with Crippen LogP contribution in [0.15, 0.2) is 72.8 Å². The molecule has 3 aromatic rings. The lowest BCUT2D eigenvalue weighted by Gasteiger charge is -2.33. The van der Waals surface area contributed by atoms with Gasteiger partial charge in [-0.15, -0.1) is 0 Å². The van der Waals surface area contributed by atoms with E-state index in [1.807, 2.05) is 75.4 Å². The van der Waals surface area contributed by atoms with E-state index >= 15 is 0 Å². The number of carbonyl (C=O) groups excluding carboxylic acids is 2. The van der Waals surface area contributed by atoms with Crippen LogP contribution >= 0.6 is 23.2 Å². The molecule has 1 N–H and O–H groups in total. The second-order valence-corrected chi connectivity index (χ2v) is 13.3. The zero-order chi connectivity index (χ0) is 30.9. The summed E-state index contributed by atoms with van der Waals surface area (Å²) in [4.78, 5) is 29.3. The van der Waals surface area contributed by atoms with Crippen LogP contribution in [0.2, 0.25) is 10.0 Å². The third-order valence-corrected chi connectivity index (χ3v) is 8.94. The first-order valence-corrected chi connectivity index (χ1v) is 16.6. The van der Waals surface area contributed by atoms with E-state index in [9.17, 15) is 18.0 Å². The van der Waals surface area contributed by atoms with Gasteiger partial charge < -0.3 is 10.2 Å². The summed E-state index contributed by atoms with van der Waals surface area (Å²) in [5.41, 5.74) is 3.13. The smallest absolute Gasteiger partial charge is 0.243 e. The highest BCUT2D eigenvalue weighted by Crippen LogP contribution is 2.31. The number of carbonyl (C=O) groups is 2. The number of rotatable bonds is 14. The summed E-state index contributed by atoms with van der Waals surface area (Å²) >= 11 is 12.4. The molecule has 0 radical (unpaired) electrons. The van der Waals surface area contributed by atoms with E-state index in [1.165, 1.54) is 12.1 Å². The molecule has 3 aromatic carbocycles. The molecule has 226 valence electrons. The van der Waals surface area contributed by atoms with E-state index < -0.39 is 16.1 Å². The third-order valence-electron chi connectivity index (χ3n) is 7.20. The molecule has 0 heterocycles. The average Bonchev–Trinajstić information content (AvgIpc) is 2.95. The van der Waals surface area contributed by atoms with Gasteiger partial charge in [-0.1, -0.05) is 84.7 Å². The number of benzene rings is 3. The van der Waals surface area contributed by atoms with Crippen LogP contribution < -0.4 is 9.62 Å². The van der Waals surface area contributed by atoms with Crippen LogP contribution in [0.3, 0.4) is 0 Å². The van der Waals surface area contributed by atoms with Gasteiger partial charge in [0.1, 0.15) is 6.04 Å². The van der Waals surface area contributed by atoms with Crippen molar-refractivity contribution in [2.45, 2.75) is 65.1 Å². The normalized spacial score (nSPS) is 12.8. The first kappa shape index (κ1) is 33.4. The zero-order valence-electron chi connectivity index (χ0n) is 24.5. The predicted octanol–water partition coefficient (Wildman–Crippen LogP) is 6.40. The van der Waals surface area contributed by atoms with E-state index in [-0.39, 0.29) is 54.5 Å².